The predicted octanol–water partition coefficient (Wildman–Crippen LogP) is 2.67. The number of hydrogen-bond donors (Lipinski definition) is 1. The van der Waals surface area contributed by atoms with Gasteiger partial charge in [-0.15, -0.1) is 0 Å². The Kier molecular flexibility index (Phi) is 5.58. The van der Waals surface area contributed by atoms with Crippen LogP contribution >= 0.6 is 0 Å². The van der Waals surface area contributed by atoms with E-state index in [1.165, 1.54) is 16.7 Å². The van der Waals surface area contributed by atoms with Crippen molar-refractivity contribution in [3.63, 3.8) is 0 Å². The number of aryl methyl sites for hydroxylation is 2. The zero-order valence-electron chi connectivity index (χ0n) is 13.3. The highest BCUT2D eigenvalue weighted by molar-refractivity contribution is 5.31. The van der Waals surface area contributed by atoms with Crippen LogP contribution in [-0.4, -0.2) is 43.8 Å². The van der Waals surface area contributed by atoms with Crippen LogP contribution in [0.25, 0.3) is 0 Å². The molecule has 0 aromatic heterocycles. The van der Waals surface area contributed by atoms with Crippen molar-refractivity contribution in [2.24, 2.45) is 0 Å². The summed E-state index contributed by atoms with van der Waals surface area (Å²) in [6.45, 7) is 13.8. The molecule has 3 nitrogen and oxygen atoms in total. The summed E-state index contributed by atoms with van der Waals surface area (Å²) in [6.07, 6.45) is 0. The number of morpholine rings is 1. The lowest BCUT2D eigenvalue weighted by Crippen LogP contribution is -2.44. The molecule has 2 atom stereocenters. The molecule has 0 amide bonds. The van der Waals surface area contributed by atoms with Crippen LogP contribution in [0.2, 0.25) is 0 Å². The van der Waals surface area contributed by atoms with Crippen LogP contribution in [0.3, 0.4) is 0 Å². The van der Waals surface area contributed by atoms with E-state index < -0.39 is 0 Å². The SMILES string of the molecule is Cc1ccc(C(C)NC(C)CN2CCOCC2)cc1C. The van der Waals surface area contributed by atoms with Gasteiger partial charge in [0, 0.05) is 31.7 Å². The largest absolute Gasteiger partial charge is 0.379 e. The fourth-order valence-electron chi connectivity index (χ4n) is 2.78. The zero-order chi connectivity index (χ0) is 14.5. The molecule has 1 aromatic carbocycles. The maximum absolute atomic E-state index is 5.39. The molecule has 0 spiro atoms. The molecule has 0 bridgehead atoms. The van der Waals surface area contributed by atoms with Crippen LogP contribution < -0.4 is 5.32 Å². The topological polar surface area (TPSA) is 24.5 Å². The average Bonchev–Trinajstić information content (AvgIpc) is 2.42. The normalized spacial score (nSPS) is 19.8. The van der Waals surface area contributed by atoms with E-state index in [1.54, 1.807) is 0 Å². The van der Waals surface area contributed by atoms with Crippen molar-refractivity contribution in [1.29, 1.82) is 0 Å². The van der Waals surface area contributed by atoms with Crippen LogP contribution in [0.4, 0.5) is 0 Å². The number of hydrogen-bond acceptors (Lipinski definition) is 3. The van der Waals surface area contributed by atoms with Crippen molar-refractivity contribution >= 4 is 0 Å². The minimum Gasteiger partial charge on any atom is -0.379 e. The Morgan fingerprint density at radius 2 is 1.85 bits per heavy atom. The Balaban J connectivity index is 1.86. The predicted molar refractivity (Wildman–Crippen MR) is 84.2 cm³/mol. The molecule has 0 saturated carbocycles. The first-order valence-electron chi connectivity index (χ1n) is 7.69. The number of nitrogens with one attached hydrogen (secondary N) is 1. The van der Waals surface area contributed by atoms with Gasteiger partial charge in [0.25, 0.3) is 0 Å². The van der Waals surface area contributed by atoms with E-state index in [9.17, 15) is 0 Å². The molecule has 0 aliphatic carbocycles. The molecule has 3 heteroatoms. The molecule has 1 aliphatic rings. The average molecular weight is 276 g/mol. The minimum atomic E-state index is 0.394. The van der Waals surface area contributed by atoms with Gasteiger partial charge in [-0.1, -0.05) is 18.2 Å². The lowest BCUT2D eigenvalue weighted by atomic mass is 10.0. The van der Waals surface area contributed by atoms with Gasteiger partial charge in [0.15, 0.2) is 0 Å². The lowest BCUT2D eigenvalue weighted by Gasteiger charge is -2.30. The first-order chi connectivity index (χ1) is 9.56. The Morgan fingerprint density at radius 3 is 2.50 bits per heavy atom. The van der Waals surface area contributed by atoms with Gasteiger partial charge < -0.3 is 10.1 Å². The molecule has 1 aromatic rings. The van der Waals surface area contributed by atoms with Gasteiger partial charge in [0.2, 0.25) is 0 Å². The van der Waals surface area contributed by atoms with Gasteiger partial charge in [-0.05, 0) is 44.4 Å². The summed E-state index contributed by atoms with van der Waals surface area (Å²) >= 11 is 0. The van der Waals surface area contributed by atoms with Crippen LogP contribution in [0.1, 0.15) is 36.6 Å². The number of benzene rings is 1. The number of rotatable bonds is 5. The van der Waals surface area contributed by atoms with E-state index in [4.69, 9.17) is 4.74 Å². The van der Waals surface area contributed by atoms with Gasteiger partial charge in [-0.2, -0.15) is 0 Å². The standard InChI is InChI=1S/C17H28N2O/c1-13-5-6-17(11-14(13)2)16(4)18-15(3)12-19-7-9-20-10-8-19/h5-6,11,15-16,18H,7-10,12H2,1-4H3. The summed E-state index contributed by atoms with van der Waals surface area (Å²) < 4.78 is 5.39. The van der Waals surface area contributed by atoms with Gasteiger partial charge in [-0.3, -0.25) is 4.90 Å². The highest BCUT2D eigenvalue weighted by Gasteiger charge is 2.15. The van der Waals surface area contributed by atoms with Crippen molar-refractivity contribution < 1.29 is 4.74 Å². The van der Waals surface area contributed by atoms with E-state index in [1.807, 2.05) is 0 Å². The summed E-state index contributed by atoms with van der Waals surface area (Å²) in [4.78, 5) is 2.48. The van der Waals surface area contributed by atoms with Crippen molar-refractivity contribution in [3.05, 3.63) is 34.9 Å². The fourth-order valence-corrected chi connectivity index (χ4v) is 2.78. The van der Waals surface area contributed by atoms with E-state index in [0.717, 1.165) is 32.8 Å². The van der Waals surface area contributed by atoms with Gasteiger partial charge in [-0.25, -0.2) is 0 Å². The first-order valence-corrected chi connectivity index (χ1v) is 7.69. The summed E-state index contributed by atoms with van der Waals surface area (Å²) in [6, 6.07) is 7.64. The Bertz CT molecular complexity index is 427. The molecule has 2 unspecified atom stereocenters. The van der Waals surface area contributed by atoms with Gasteiger partial charge >= 0.3 is 0 Å². The summed E-state index contributed by atoms with van der Waals surface area (Å²) in [5.74, 6) is 0. The van der Waals surface area contributed by atoms with Crippen LogP contribution in [-0.2, 0) is 4.74 Å². The smallest absolute Gasteiger partial charge is 0.0594 e. The van der Waals surface area contributed by atoms with E-state index in [0.29, 0.717) is 12.1 Å². The fraction of sp³-hybridized carbons (Fsp3) is 0.647. The first kappa shape index (κ1) is 15.5. The monoisotopic (exact) mass is 276 g/mol. The molecule has 1 aliphatic heterocycles. The molecule has 1 heterocycles. The van der Waals surface area contributed by atoms with Crippen LogP contribution in [0.15, 0.2) is 18.2 Å². The lowest BCUT2D eigenvalue weighted by molar-refractivity contribution is 0.0339. The third-order valence-electron chi connectivity index (χ3n) is 4.20. The minimum absolute atomic E-state index is 0.394. The molecule has 1 saturated heterocycles. The number of ether oxygens (including phenoxy) is 1. The van der Waals surface area contributed by atoms with Crippen molar-refractivity contribution in [2.45, 2.75) is 39.8 Å². The van der Waals surface area contributed by atoms with Crippen LogP contribution in [0, 0.1) is 13.8 Å². The molecule has 1 fully saturated rings. The second-order valence-electron chi connectivity index (χ2n) is 6.05. The molecule has 112 valence electrons. The quantitative estimate of drug-likeness (QED) is 0.895. The van der Waals surface area contributed by atoms with E-state index >= 15 is 0 Å². The second kappa shape index (κ2) is 7.21. The zero-order valence-corrected chi connectivity index (χ0v) is 13.3. The molecule has 0 radical (unpaired) electrons. The van der Waals surface area contributed by atoms with Gasteiger partial charge in [0.1, 0.15) is 0 Å². The third kappa shape index (κ3) is 4.30. The van der Waals surface area contributed by atoms with Crippen LogP contribution in [0.5, 0.6) is 0 Å². The Morgan fingerprint density at radius 1 is 1.15 bits per heavy atom. The Hall–Kier alpha value is -0.900. The molecular formula is C17H28N2O. The Labute approximate surface area is 123 Å². The summed E-state index contributed by atoms with van der Waals surface area (Å²) in [5.41, 5.74) is 4.11. The van der Waals surface area contributed by atoms with E-state index in [2.05, 4.69) is 56.1 Å². The van der Waals surface area contributed by atoms with Crippen molar-refractivity contribution in [2.75, 3.05) is 32.8 Å². The highest BCUT2D eigenvalue weighted by atomic mass is 16.5. The maximum atomic E-state index is 5.39. The molecule has 1 N–H and O–H groups in total. The molecular weight excluding hydrogens is 248 g/mol. The van der Waals surface area contributed by atoms with Gasteiger partial charge in [0.05, 0.1) is 13.2 Å². The highest BCUT2D eigenvalue weighted by Crippen LogP contribution is 2.17. The molecule has 20 heavy (non-hydrogen) atoms. The molecule has 2 rings (SSSR count). The third-order valence-corrected chi connectivity index (χ3v) is 4.20. The second-order valence-corrected chi connectivity index (χ2v) is 6.05. The van der Waals surface area contributed by atoms with Crippen molar-refractivity contribution in [1.82, 2.24) is 10.2 Å². The van der Waals surface area contributed by atoms with Crippen molar-refractivity contribution in [3.8, 4) is 0 Å². The maximum Gasteiger partial charge on any atom is 0.0594 e. The van der Waals surface area contributed by atoms with E-state index in [-0.39, 0.29) is 0 Å². The summed E-state index contributed by atoms with van der Waals surface area (Å²) in [5, 5.41) is 3.71. The summed E-state index contributed by atoms with van der Waals surface area (Å²) in [7, 11) is 0. The number of nitrogens with zero attached hydrogens (tertiary/aromatic N) is 1.